The van der Waals surface area contributed by atoms with Crippen molar-refractivity contribution in [3.63, 3.8) is 0 Å². The van der Waals surface area contributed by atoms with Crippen LogP contribution in [0.2, 0.25) is 5.02 Å². The quantitative estimate of drug-likeness (QED) is 0.881. The lowest BCUT2D eigenvalue weighted by atomic mass is 10.1. The minimum absolute atomic E-state index is 0.181. The second-order valence-electron chi connectivity index (χ2n) is 5.10. The fourth-order valence-electron chi connectivity index (χ4n) is 2.51. The van der Waals surface area contributed by atoms with E-state index in [-0.39, 0.29) is 18.4 Å². The van der Waals surface area contributed by atoms with Gasteiger partial charge in [-0.25, -0.2) is 0 Å². The number of nitrogens with zero attached hydrogens (tertiary/aromatic N) is 1. The lowest BCUT2D eigenvalue weighted by Crippen LogP contribution is -2.36. The van der Waals surface area contributed by atoms with Gasteiger partial charge in [0.15, 0.2) is 0 Å². The Morgan fingerprint density at radius 3 is 2.77 bits per heavy atom. The van der Waals surface area contributed by atoms with Gasteiger partial charge >= 0.3 is 0 Å². The van der Waals surface area contributed by atoms with Gasteiger partial charge < -0.3 is 14.6 Å². The van der Waals surface area contributed by atoms with E-state index in [0.717, 1.165) is 5.69 Å². The number of hydrogen-bond donors (Lipinski definition) is 1. The Morgan fingerprint density at radius 1 is 1.32 bits per heavy atom. The van der Waals surface area contributed by atoms with Crippen LogP contribution in [-0.2, 0) is 16.1 Å². The fourth-order valence-corrected chi connectivity index (χ4v) is 2.64. The third-order valence-corrected chi connectivity index (χ3v) is 3.93. The smallest absolute Gasteiger partial charge is 0.239 e. The Morgan fingerprint density at radius 2 is 2.09 bits per heavy atom. The van der Waals surface area contributed by atoms with Gasteiger partial charge in [-0.15, -0.1) is 0 Å². The zero-order valence-corrected chi connectivity index (χ0v) is 12.5. The molecule has 0 bridgehead atoms. The number of furan rings is 1. The zero-order valence-electron chi connectivity index (χ0n) is 11.8. The monoisotopic (exact) mass is 318 g/mol. The lowest BCUT2D eigenvalue weighted by molar-refractivity contribution is -0.132. The van der Waals surface area contributed by atoms with Crippen LogP contribution in [0, 0.1) is 5.92 Å². The Bertz CT molecular complexity index is 667. The molecule has 2 aromatic rings. The first-order valence-corrected chi connectivity index (χ1v) is 7.40. The first-order chi connectivity index (χ1) is 10.6. The normalized spacial score (nSPS) is 17.8. The van der Waals surface area contributed by atoms with Crippen LogP contribution in [0.25, 0.3) is 0 Å². The van der Waals surface area contributed by atoms with E-state index in [2.05, 4.69) is 5.32 Å². The molecule has 114 valence electrons. The van der Waals surface area contributed by atoms with Gasteiger partial charge in [0, 0.05) is 17.3 Å². The average molecular weight is 319 g/mol. The van der Waals surface area contributed by atoms with Crippen LogP contribution in [0.5, 0.6) is 0 Å². The van der Waals surface area contributed by atoms with Crippen LogP contribution in [0.3, 0.4) is 0 Å². The summed E-state index contributed by atoms with van der Waals surface area (Å²) < 4.78 is 5.15. The highest BCUT2D eigenvalue weighted by Crippen LogP contribution is 2.26. The van der Waals surface area contributed by atoms with Crippen molar-refractivity contribution in [2.75, 3.05) is 11.4 Å². The van der Waals surface area contributed by atoms with E-state index in [0.29, 0.717) is 23.7 Å². The van der Waals surface area contributed by atoms with Crippen LogP contribution in [0.4, 0.5) is 5.69 Å². The van der Waals surface area contributed by atoms with E-state index >= 15 is 0 Å². The molecule has 1 aromatic heterocycles. The minimum atomic E-state index is -0.648. The first kappa shape index (κ1) is 14.7. The molecule has 5 nitrogen and oxygen atoms in total. The molecule has 22 heavy (non-hydrogen) atoms. The number of carbonyl (C=O) groups excluding carboxylic acids is 2. The number of hydrogen-bond acceptors (Lipinski definition) is 3. The molecule has 0 saturated carbocycles. The summed E-state index contributed by atoms with van der Waals surface area (Å²) in [4.78, 5) is 26.2. The van der Waals surface area contributed by atoms with Crippen molar-refractivity contribution in [1.29, 1.82) is 0 Å². The third-order valence-electron chi connectivity index (χ3n) is 3.68. The third kappa shape index (κ3) is 2.99. The highest BCUT2D eigenvalue weighted by atomic mass is 35.5. The van der Waals surface area contributed by atoms with Crippen LogP contribution < -0.4 is 10.2 Å². The van der Waals surface area contributed by atoms with Crippen LogP contribution in [0.1, 0.15) is 12.2 Å². The highest BCUT2D eigenvalue weighted by molar-refractivity contribution is 6.30. The summed E-state index contributed by atoms with van der Waals surface area (Å²) in [6, 6.07) is 10.6. The van der Waals surface area contributed by atoms with Crippen molar-refractivity contribution < 1.29 is 14.0 Å². The Hall–Kier alpha value is -2.27. The fraction of sp³-hybridized carbons (Fsp3) is 0.250. The topological polar surface area (TPSA) is 62.6 Å². The molecular formula is C16H15ClN2O3. The molecule has 1 aliphatic heterocycles. The molecule has 1 saturated heterocycles. The Kier molecular flexibility index (Phi) is 4.15. The van der Waals surface area contributed by atoms with Crippen molar-refractivity contribution in [1.82, 2.24) is 5.32 Å². The van der Waals surface area contributed by atoms with Gasteiger partial charge in [0.1, 0.15) is 11.7 Å². The van der Waals surface area contributed by atoms with Crippen molar-refractivity contribution in [3.05, 3.63) is 53.4 Å². The molecule has 0 aliphatic carbocycles. The Balaban J connectivity index is 1.63. The summed E-state index contributed by atoms with van der Waals surface area (Å²) in [6.45, 7) is 0.815. The van der Waals surface area contributed by atoms with Crippen LogP contribution in [0.15, 0.2) is 47.1 Å². The predicted octanol–water partition coefficient (Wildman–Crippen LogP) is 2.60. The summed E-state index contributed by atoms with van der Waals surface area (Å²) in [5.74, 6) is -0.434. The Labute approximate surface area is 132 Å². The maximum Gasteiger partial charge on any atom is 0.239 e. The molecule has 2 heterocycles. The molecule has 3 rings (SSSR count). The predicted molar refractivity (Wildman–Crippen MR) is 82.5 cm³/mol. The summed E-state index contributed by atoms with van der Waals surface area (Å²) >= 11 is 5.85. The van der Waals surface area contributed by atoms with E-state index in [1.165, 1.54) is 0 Å². The maximum atomic E-state index is 12.4. The van der Waals surface area contributed by atoms with Crippen molar-refractivity contribution >= 4 is 29.1 Å². The van der Waals surface area contributed by atoms with E-state index in [1.807, 2.05) is 0 Å². The highest BCUT2D eigenvalue weighted by Gasteiger charge is 2.37. The summed E-state index contributed by atoms with van der Waals surface area (Å²) in [5.41, 5.74) is 0.760. The molecule has 6 heteroatoms. The molecule has 0 radical (unpaired) electrons. The van der Waals surface area contributed by atoms with Crippen molar-refractivity contribution in [2.45, 2.75) is 13.0 Å². The molecule has 1 atom stereocenters. The molecule has 0 unspecified atom stereocenters. The van der Waals surface area contributed by atoms with E-state index in [1.54, 1.807) is 47.6 Å². The molecule has 2 amide bonds. The van der Waals surface area contributed by atoms with Crippen molar-refractivity contribution in [3.8, 4) is 0 Å². The molecule has 1 fully saturated rings. The van der Waals surface area contributed by atoms with E-state index in [9.17, 15) is 9.59 Å². The number of amides is 2. The first-order valence-electron chi connectivity index (χ1n) is 7.02. The van der Waals surface area contributed by atoms with Crippen molar-refractivity contribution in [2.24, 2.45) is 5.92 Å². The van der Waals surface area contributed by atoms with Gasteiger partial charge in [0.25, 0.3) is 0 Å². The largest absolute Gasteiger partial charge is 0.467 e. The average Bonchev–Trinajstić information content (AvgIpc) is 3.15. The SMILES string of the molecule is O=C(NCc1ccco1)[C@@H]1CCN(c2ccc(Cl)cc2)C1=O. The summed E-state index contributed by atoms with van der Waals surface area (Å²) in [6.07, 6.45) is 2.05. The summed E-state index contributed by atoms with van der Waals surface area (Å²) in [7, 11) is 0. The van der Waals surface area contributed by atoms with Crippen LogP contribution in [-0.4, -0.2) is 18.4 Å². The molecule has 1 aliphatic rings. The number of rotatable bonds is 4. The number of anilines is 1. The van der Waals surface area contributed by atoms with Gasteiger partial charge in [-0.1, -0.05) is 11.6 Å². The zero-order chi connectivity index (χ0) is 15.5. The van der Waals surface area contributed by atoms with Gasteiger partial charge in [-0.05, 0) is 42.8 Å². The minimum Gasteiger partial charge on any atom is -0.467 e. The van der Waals surface area contributed by atoms with E-state index < -0.39 is 5.92 Å². The van der Waals surface area contributed by atoms with E-state index in [4.69, 9.17) is 16.0 Å². The second-order valence-corrected chi connectivity index (χ2v) is 5.54. The standard InChI is InChI=1S/C16H15ClN2O3/c17-11-3-5-12(6-4-11)19-8-7-14(16(19)21)15(20)18-10-13-2-1-9-22-13/h1-6,9,14H,7-8,10H2,(H,18,20)/t14-/m0/s1. The molecular weight excluding hydrogens is 304 g/mol. The maximum absolute atomic E-state index is 12.4. The molecule has 1 aromatic carbocycles. The summed E-state index contributed by atoms with van der Waals surface area (Å²) in [5, 5.41) is 3.35. The van der Waals surface area contributed by atoms with Crippen LogP contribution >= 0.6 is 11.6 Å². The number of benzene rings is 1. The van der Waals surface area contributed by atoms with Gasteiger partial charge in [-0.2, -0.15) is 0 Å². The number of nitrogens with one attached hydrogen (secondary N) is 1. The van der Waals surface area contributed by atoms with Gasteiger partial charge in [0.2, 0.25) is 11.8 Å². The molecule has 1 N–H and O–H groups in total. The molecule has 0 spiro atoms. The number of carbonyl (C=O) groups is 2. The van der Waals surface area contributed by atoms with Gasteiger partial charge in [-0.3, -0.25) is 9.59 Å². The number of halogens is 1. The lowest BCUT2D eigenvalue weighted by Gasteiger charge is -2.16. The second kappa shape index (κ2) is 6.23. The van der Waals surface area contributed by atoms with Gasteiger partial charge in [0.05, 0.1) is 12.8 Å².